The Hall–Kier alpha value is -2.89. The number of nitrogens with one attached hydrogen (secondary N) is 2. The van der Waals surface area contributed by atoms with Gasteiger partial charge < -0.3 is 15.5 Å². The first-order valence-corrected chi connectivity index (χ1v) is 13.3. The Balaban J connectivity index is 1.80. The molecule has 2 N–H and O–H groups in total. The molecule has 1 atom stereocenters. The van der Waals surface area contributed by atoms with Crippen LogP contribution in [0, 0.1) is 5.92 Å². The summed E-state index contributed by atoms with van der Waals surface area (Å²) in [6.45, 7) is 7.59. The van der Waals surface area contributed by atoms with Gasteiger partial charge >= 0.3 is 5.92 Å². The molecule has 1 unspecified atom stereocenters. The standard InChI is InChI=1S/C26H34BrF3N6O2/c1-5-6-8-19(35-12-7-11-31-17(35)2)13-20(32-23(37)18-9-10-18)24(38)33-25(3,4)16-36-22(27)14-21(34-36)26(29,30)15-28/h7-8,11-12,14,18,20H,2,5-6,9-10,13,15-16H2,1,3-4H3,(H,32,37)(H,33,38)/b19-8-. The number of aromatic nitrogens is 2. The van der Waals surface area contributed by atoms with Crippen molar-refractivity contribution in [1.29, 1.82) is 0 Å². The molecule has 0 spiro atoms. The molecule has 1 aromatic rings. The molecule has 0 aromatic carbocycles. The van der Waals surface area contributed by atoms with E-state index in [9.17, 15) is 22.8 Å². The Morgan fingerprint density at radius 2 is 2.05 bits per heavy atom. The number of hydrogen-bond acceptors (Lipinski definition) is 5. The lowest BCUT2D eigenvalue weighted by Crippen LogP contribution is -2.55. The van der Waals surface area contributed by atoms with Crippen molar-refractivity contribution in [2.75, 3.05) is 6.67 Å². The van der Waals surface area contributed by atoms with Crippen LogP contribution in [-0.2, 0) is 22.1 Å². The third-order valence-corrected chi connectivity index (χ3v) is 6.71. The predicted molar refractivity (Wildman–Crippen MR) is 143 cm³/mol. The minimum absolute atomic E-state index is 0.0178. The molecule has 8 nitrogen and oxygen atoms in total. The van der Waals surface area contributed by atoms with Crippen LogP contribution >= 0.6 is 15.9 Å². The third kappa shape index (κ3) is 7.81. The largest absolute Gasteiger partial charge is 0.348 e. The number of unbranched alkanes of at least 4 members (excludes halogenated alkanes) is 1. The number of amides is 2. The Labute approximate surface area is 229 Å². The summed E-state index contributed by atoms with van der Waals surface area (Å²) in [6.07, 6.45) is 10.6. The van der Waals surface area contributed by atoms with E-state index in [4.69, 9.17) is 0 Å². The lowest BCUT2D eigenvalue weighted by atomic mass is 10.0. The summed E-state index contributed by atoms with van der Waals surface area (Å²) in [5.74, 6) is -3.94. The van der Waals surface area contributed by atoms with Crippen LogP contribution in [0.1, 0.15) is 58.6 Å². The van der Waals surface area contributed by atoms with Crippen molar-refractivity contribution in [3.05, 3.63) is 52.8 Å². The molecule has 2 heterocycles. The van der Waals surface area contributed by atoms with Gasteiger partial charge in [-0.15, -0.1) is 0 Å². The maximum atomic E-state index is 13.8. The van der Waals surface area contributed by atoms with Gasteiger partial charge in [0, 0.05) is 36.5 Å². The summed E-state index contributed by atoms with van der Waals surface area (Å²) in [7, 11) is 0. The molecule has 1 aromatic heterocycles. The van der Waals surface area contributed by atoms with Crippen LogP contribution in [0.2, 0.25) is 0 Å². The van der Waals surface area contributed by atoms with Crippen LogP contribution in [0.25, 0.3) is 0 Å². The molecule has 1 aliphatic heterocycles. The molecule has 2 aliphatic rings. The van der Waals surface area contributed by atoms with Gasteiger partial charge in [0.1, 0.15) is 22.2 Å². The van der Waals surface area contributed by atoms with E-state index in [0.717, 1.165) is 37.4 Å². The molecule has 1 fully saturated rings. The lowest BCUT2D eigenvalue weighted by molar-refractivity contribution is -0.130. The number of alkyl halides is 3. The molecule has 0 bridgehead atoms. The number of carbonyl (C=O) groups excluding carboxylic acids is 2. The monoisotopic (exact) mass is 598 g/mol. The Bertz CT molecular complexity index is 1140. The van der Waals surface area contributed by atoms with Gasteiger partial charge in [-0.1, -0.05) is 26.0 Å². The summed E-state index contributed by atoms with van der Waals surface area (Å²) in [5.41, 5.74) is -0.887. The van der Waals surface area contributed by atoms with Crippen molar-refractivity contribution in [2.45, 2.75) is 76.9 Å². The van der Waals surface area contributed by atoms with Crippen LogP contribution in [0.3, 0.4) is 0 Å². The molecule has 3 rings (SSSR count). The van der Waals surface area contributed by atoms with Crippen LogP contribution in [0.15, 0.2) is 52.1 Å². The van der Waals surface area contributed by atoms with E-state index in [0.29, 0.717) is 5.82 Å². The molecule has 38 heavy (non-hydrogen) atoms. The van der Waals surface area contributed by atoms with Gasteiger partial charge in [0.25, 0.3) is 0 Å². The molecule has 0 saturated heterocycles. The number of halogens is 4. The van der Waals surface area contributed by atoms with E-state index in [-0.39, 0.29) is 29.4 Å². The highest BCUT2D eigenvalue weighted by atomic mass is 79.9. The predicted octanol–water partition coefficient (Wildman–Crippen LogP) is 4.94. The average Bonchev–Trinajstić information content (AvgIpc) is 3.64. The zero-order valence-corrected chi connectivity index (χ0v) is 23.4. The van der Waals surface area contributed by atoms with Crippen molar-refractivity contribution in [3.8, 4) is 0 Å². The van der Waals surface area contributed by atoms with Crippen LogP contribution in [-0.4, -0.2) is 51.0 Å². The van der Waals surface area contributed by atoms with Gasteiger partial charge in [-0.2, -0.15) is 13.9 Å². The second kappa shape index (κ2) is 12.3. The van der Waals surface area contributed by atoms with E-state index in [2.05, 4.69) is 43.2 Å². The van der Waals surface area contributed by atoms with E-state index in [1.54, 1.807) is 37.2 Å². The van der Waals surface area contributed by atoms with Gasteiger partial charge in [-0.3, -0.25) is 14.3 Å². The van der Waals surface area contributed by atoms with Crippen molar-refractivity contribution in [3.63, 3.8) is 0 Å². The number of hydrogen-bond donors (Lipinski definition) is 2. The minimum Gasteiger partial charge on any atom is -0.348 e. The van der Waals surface area contributed by atoms with Crippen molar-refractivity contribution >= 4 is 34.0 Å². The molecule has 2 amide bonds. The number of allylic oxidation sites excluding steroid dienone is 2. The first-order valence-electron chi connectivity index (χ1n) is 12.5. The fourth-order valence-electron chi connectivity index (χ4n) is 3.89. The van der Waals surface area contributed by atoms with E-state index in [1.165, 1.54) is 4.68 Å². The Morgan fingerprint density at radius 1 is 1.34 bits per heavy atom. The quantitative estimate of drug-likeness (QED) is 0.336. The molecule has 0 radical (unpaired) electrons. The summed E-state index contributed by atoms with van der Waals surface area (Å²) < 4.78 is 41.8. The molecule has 1 saturated carbocycles. The topological polar surface area (TPSA) is 91.6 Å². The zero-order valence-electron chi connectivity index (χ0n) is 21.8. The number of aliphatic imine (C=N–C) groups is 1. The van der Waals surface area contributed by atoms with Gasteiger partial charge in [0.05, 0.1) is 12.1 Å². The second-order valence-corrected chi connectivity index (χ2v) is 11.0. The van der Waals surface area contributed by atoms with E-state index >= 15 is 0 Å². The third-order valence-electron chi connectivity index (χ3n) is 6.08. The van der Waals surface area contributed by atoms with Gasteiger partial charge in [0.15, 0.2) is 6.67 Å². The first kappa shape index (κ1) is 29.7. The number of carbonyl (C=O) groups is 2. The van der Waals surface area contributed by atoms with Crippen LogP contribution < -0.4 is 10.6 Å². The highest BCUT2D eigenvalue weighted by molar-refractivity contribution is 9.10. The molecular weight excluding hydrogens is 565 g/mol. The SMILES string of the molecule is C=C1N=CC=CN1/C(=C\CCC)CC(NC(=O)C1CC1)C(=O)NC(C)(C)Cn1nc(C(F)(F)CF)cc1Br. The smallest absolute Gasteiger partial charge is 0.319 e. The van der Waals surface area contributed by atoms with E-state index in [1.807, 2.05) is 13.0 Å². The molecule has 1 aliphatic carbocycles. The zero-order chi connectivity index (χ0) is 28.1. The van der Waals surface area contributed by atoms with Gasteiger partial charge in [0.2, 0.25) is 11.8 Å². The fourth-order valence-corrected chi connectivity index (χ4v) is 4.32. The van der Waals surface area contributed by atoms with Crippen molar-refractivity contribution < 1.29 is 22.8 Å². The maximum absolute atomic E-state index is 13.8. The summed E-state index contributed by atoms with van der Waals surface area (Å²) in [4.78, 5) is 32.2. The average molecular weight is 599 g/mol. The van der Waals surface area contributed by atoms with Gasteiger partial charge in [-0.05, 0) is 55.1 Å². The first-order chi connectivity index (χ1) is 17.9. The Kier molecular flexibility index (Phi) is 9.61. The molecule has 208 valence electrons. The summed E-state index contributed by atoms with van der Waals surface area (Å²) >= 11 is 3.18. The van der Waals surface area contributed by atoms with Crippen LogP contribution in [0.4, 0.5) is 13.2 Å². The normalized spacial score (nSPS) is 17.1. The fraction of sp³-hybridized carbons (Fsp3) is 0.538. The minimum atomic E-state index is -3.71. The van der Waals surface area contributed by atoms with E-state index < -0.39 is 35.8 Å². The maximum Gasteiger partial charge on any atom is 0.319 e. The van der Waals surface area contributed by atoms with Crippen molar-refractivity contribution in [1.82, 2.24) is 25.3 Å². The summed E-state index contributed by atoms with van der Waals surface area (Å²) in [5, 5.41) is 9.64. The van der Waals surface area contributed by atoms with Crippen LogP contribution in [0.5, 0.6) is 0 Å². The highest BCUT2D eigenvalue weighted by Gasteiger charge is 2.37. The highest BCUT2D eigenvalue weighted by Crippen LogP contribution is 2.31. The molecular formula is C26H34BrF3N6O2. The Morgan fingerprint density at radius 3 is 2.66 bits per heavy atom. The second-order valence-electron chi connectivity index (χ2n) is 10.2. The number of nitrogens with zero attached hydrogens (tertiary/aromatic N) is 4. The molecule has 12 heteroatoms. The number of rotatable bonds is 13. The van der Waals surface area contributed by atoms with Gasteiger partial charge in [-0.25, -0.2) is 9.38 Å². The lowest BCUT2D eigenvalue weighted by Gasteiger charge is -2.31. The summed E-state index contributed by atoms with van der Waals surface area (Å²) in [6, 6.07) is 0.160. The van der Waals surface area contributed by atoms with Crippen molar-refractivity contribution in [2.24, 2.45) is 10.9 Å².